The summed E-state index contributed by atoms with van der Waals surface area (Å²) in [4.78, 5) is 37.3. The molecule has 1 atom stereocenters. The number of pyridine rings is 1. The number of nitrogens with zero attached hydrogens (tertiary/aromatic N) is 5. The summed E-state index contributed by atoms with van der Waals surface area (Å²) in [6.07, 6.45) is 0.00625. The normalized spacial score (nSPS) is 21.7. The van der Waals surface area contributed by atoms with Crippen LogP contribution < -0.4 is 15.1 Å². The van der Waals surface area contributed by atoms with E-state index < -0.39 is 29.6 Å². The highest BCUT2D eigenvalue weighted by atomic mass is 19.4. The molecular formula is C25H31F3N6O4. The molecule has 0 bridgehead atoms. The fourth-order valence-electron chi connectivity index (χ4n) is 5.70. The third-order valence-electron chi connectivity index (χ3n) is 7.88. The van der Waals surface area contributed by atoms with E-state index in [-0.39, 0.29) is 23.0 Å². The van der Waals surface area contributed by atoms with Crippen molar-refractivity contribution in [3.63, 3.8) is 0 Å². The molecule has 13 heteroatoms. The molecule has 206 valence electrons. The van der Waals surface area contributed by atoms with Gasteiger partial charge in [0, 0.05) is 39.3 Å². The first kappa shape index (κ1) is 26.1. The Hall–Kier alpha value is -3.51. The van der Waals surface area contributed by atoms with Gasteiger partial charge in [0.05, 0.1) is 11.9 Å². The van der Waals surface area contributed by atoms with Gasteiger partial charge >= 0.3 is 12.3 Å². The van der Waals surface area contributed by atoms with Crippen LogP contribution in [0, 0.1) is 11.3 Å². The van der Waals surface area contributed by atoms with Gasteiger partial charge in [0.15, 0.2) is 5.69 Å². The molecule has 3 fully saturated rings. The van der Waals surface area contributed by atoms with Crippen LogP contribution >= 0.6 is 0 Å². The molecule has 5 heterocycles. The highest BCUT2D eigenvalue weighted by Gasteiger charge is 2.43. The molecule has 2 amide bonds. The lowest BCUT2D eigenvalue weighted by Crippen LogP contribution is -2.42. The maximum absolute atomic E-state index is 13.7. The van der Waals surface area contributed by atoms with Crippen LogP contribution in [0.15, 0.2) is 22.7 Å². The molecule has 3 aliphatic heterocycles. The van der Waals surface area contributed by atoms with Crippen molar-refractivity contribution in [3.8, 4) is 0 Å². The predicted molar refractivity (Wildman–Crippen MR) is 132 cm³/mol. The van der Waals surface area contributed by atoms with E-state index in [2.05, 4.69) is 20.2 Å². The Morgan fingerprint density at radius 2 is 1.87 bits per heavy atom. The molecule has 0 saturated carbocycles. The van der Waals surface area contributed by atoms with Crippen LogP contribution in [0.25, 0.3) is 0 Å². The smallest absolute Gasteiger partial charge is 0.437 e. The number of halogens is 3. The highest BCUT2D eigenvalue weighted by molar-refractivity contribution is 6.03. The summed E-state index contributed by atoms with van der Waals surface area (Å²) in [5, 5.41) is 11.7. The molecule has 10 nitrogen and oxygen atoms in total. The summed E-state index contributed by atoms with van der Waals surface area (Å²) in [6.45, 7) is 5.59. The third-order valence-corrected chi connectivity index (χ3v) is 7.88. The van der Waals surface area contributed by atoms with Gasteiger partial charge in [-0.3, -0.25) is 4.79 Å². The van der Waals surface area contributed by atoms with Gasteiger partial charge in [-0.1, -0.05) is 6.92 Å². The van der Waals surface area contributed by atoms with Gasteiger partial charge in [0.25, 0.3) is 11.9 Å². The van der Waals surface area contributed by atoms with Gasteiger partial charge in [-0.2, -0.15) is 18.2 Å². The van der Waals surface area contributed by atoms with Crippen LogP contribution in [0.3, 0.4) is 0 Å². The summed E-state index contributed by atoms with van der Waals surface area (Å²) in [7, 11) is 0. The van der Waals surface area contributed by atoms with E-state index in [1.807, 2.05) is 6.92 Å². The Labute approximate surface area is 217 Å². The number of likely N-dealkylation sites (tertiary alicyclic amines) is 1. The molecular weight excluding hydrogens is 505 g/mol. The fourth-order valence-corrected chi connectivity index (χ4v) is 5.70. The summed E-state index contributed by atoms with van der Waals surface area (Å²) >= 11 is 0. The van der Waals surface area contributed by atoms with Crippen LogP contribution in [0.5, 0.6) is 0 Å². The molecule has 0 aromatic carbocycles. The van der Waals surface area contributed by atoms with E-state index >= 15 is 0 Å². The van der Waals surface area contributed by atoms with E-state index in [4.69, 9.17) is 4.42 Å². The van der Waals surface area contributed by atoms with E-state index in [1.165, 1.54) is 11.1 Å². The Balaban J connectivity index is 1.23. The first-order valence-corrected chi connectivity index (χ1v) is 12.9. The first-order chi connectivity index (χ1) is 18.0. The predicted octanol–water partition coefficient (Wildman–Crippen LogP) is 4.55. The number of nitrogens with one attached hydrogen (secondary N) is 1. The minimum Gasteiger partial charge on any atom is -0.465 e. The number of rotatable bonds is 4. The highest BCUT2D eigenvalue weighted by Crippen LogP contribution is 2.41. The van der Waals surface area contributed by atoms with E-state index in [9.17, 15) is 27.9 Å². The van der Waals surface area contributed by atoms with Crippen molar-refractivity contribution in [2.45, 2.75) is 45.2 Å². The van der Waals surface area contributed by atoms with Crippen molar-refractivity contribution in [2.24, 2.45) is 11.3 Å². The number of carbonyl (C=O) groups is 2. The van der Waals surface area contributed by atoms with Crippen molar-refractivity contribution >= 4 is 29.5 Å². The second kappa shape index (κ2) is 9.99. The molecule has 2 aromatic heterocycles. The molecule has 3 saturated heterocycles. The molecule has 38 heavy (non-hydrogen) atoms. The number of carbonyl (C=O) groups excluding carboxylic acids is 1. The molecule has 0 aliphatic carbocycles. The summed E-state index contributed by atoms with van der Waals surface area (Å²) in [5.41, 5.74) is -1.11. The maximum atomic E-state index is 13.7. The Bertz CT molecular complexity index is 1180. The Morgan fingerprint density at radius 1 is 1.13 bits per heavy atom. The lowest BCUT2D eigenvalue weighted by Gasteiger charge is -2.39. The minimum atomic E-state index is -4.84. The molecule has 1 spiro atoms. The first-order valence-electron chi connectivity index (χ1n) is 12.9. The average Bonchev–Trinajstić information content (AvgIpc) is 3.51. The number of hydrogen-bond donors (Lipinski definition) is 2. The lowest BCUT2D eigenvalue weighted by atomic mass is 9.78. The number of oxazole rings is 1. The Morgan fingerprint density at radius 3 is 2.47 bits per heavy atom. The molecule has 2 aromatic rings. The number of hydrogen-bond acceptors (Lipinski definition) is 7. The fraction of sp³-hybridized carbons (Fsp3) is 0.600. The summed E-state index contributed by atoms with van der Waals surface area (Å²) < 4.78 is 46.4. The van der Waals surface area contributed by atoms with Crippen LogP contribution in [0.1, 0.15) is 55.3 Å². The monoisotopic (exact) mass is 536 g/mol. The average molecular weight is 537 g/mol. The molecule has 1 unspecified atom stereocenters. The number of anilines is 3. The minimum absolute atomic E-state index is 0.00115. The van der Waals surface area contributed by atoms with E-state index in [1.54, 1.807) is 17.0 Å². The van der Waals surface area contributed by atoms with Gasteiger partial charge < -0.3 is 29.5 Å². The third kappa shape index (κ3) is 5.37. The molecule has 5 rings (SSSR count). The van der Waals surface area contributed by atoms with Crippen molar-refractivity contribution in [2.75, 3.05) is 54.4 Å². The number of carboxylic acid groups (broad SMARTS) is 1. The topological polar surface area (TPSA) is 115 Å². The van der Waals surface area contributed by atoms with Gasteiger partial charge in [-0.15, -0.1) is 0 Å². The quantitative estimate of drug-likeness (QED) is 0.585. The summed E-state index contributed by atoms with van der Waals surface area (Å²) in [6, 6.07) is 3.10. The van der Waals surface area contributed by atoms with Gasteiger partial charge in [0.1, 0.15) is 5.82 Å². The van der Waals surface area contributed by atoms with Crippen LogP contribution in [0.2, 0.25) is 0 Å². The number of aromatic nitrogens is 2. The largest absolute Gasteiger partial charge is 0.465 e. The van der Waals surface area contributed by atoms with Crippen LogP contribution in [-0.2, 0) is 6.18 Å². The van der Waals surface area contributed by atoms with Crippen molar-refractivity contribution in [3.05, 3.63) is 29.8 Å². The second-order valence-electron chi connectivity index (χ2n) is 10.7. The maximum Gasteiger partial charge on any atom is 0.437 e. The second-order valence-corrected chi connectivity index (χ2v) is 10.7. The number of alkyl halides is 3. The van der Waals surface area contributed by atoms with E-state index in [0.717, 1.165) is 45.2 Å². The lowest BCUT2D eigenvalue weighted by molar-refractivity contribution is -0.141. The standard InChI is InChI=1S/C25H31F3N6O4/c1-16-3-2-9-33(14-16)22-31-20(25(26,27)28)19(38-22)21(35)30-17-4-5-18(29-13-17)32-10-6-24(7-11-32)8-12-34(15-24)23(36)37/h4-5,13,16H,2-3,6-12,14-15H2,1H3,(H,30,35)(H,36,37). The van der Waals surface area contributed by atoms with Gasteiger partial charge in [0.2, 0.25) is 5.76 Å². The van der Waals surface area contributed by atoms with Crippen molar-refractivity contribution in [1.82, 2.24) is 14.9 Å². The van der Waals surface area contributed by atoms with Crippen molar-refractivity contribution < 1.29 is 32.3 Å². The van der Waals surface area contributed by atoms with Gasteiger partial charge in [-0.25, -0.2) is 9.78 Å². The number of piperidine rings is 2. The zero-order chi connectivity index (χ0) is 27.1. The van der Waals surface area contributed by atoms with Gasteiger partial charge in [-0.05, 0) is 55.6 Å². The Kier molecular flexibility index (Phi) is 6.86. The summed E-state index contributed by atoms with van der Waals surface area (Å²) in [5.74, 6) is -0.944. The van der Waals surface area contributed by atoms with Crippen LogP contribution in [-0.4, -0.2) is 71.2 Å². The molecule has 2 N–H and O–H groups in total. The zero-order valence-corrected chi connectivity index (χ0v) is 21.1. The zero-order valence-electron chi connectivity index (χ0n) is 21.1. The SMILES string of the molecule is CC1CCCN(c2nc(C(F)(F)F)c(C(=O)Nc3ccc(N4CCC5(CCN(C(=O)O)C5)CC4)nc3)o2)C1. The van der Waals surface area contributed by atoms with Crippen molar-refractivity contribution in [1.29, 1.82) is 0 Å². The molecule has 3 aliphatic rings. The van der Waals surface area contributed by atoms with E-state index in [0.29, 0.717) is 32.0 Å². The van der Waals surface area contributed by atoms with Crippen LogP contribution in [0.4, 0.5) is 35.5 Å². The molecule has 0 radical (unpaired) electrons. The number of amides is 2.